The maximum absolute atomic E-state index is 12.5. The normalized spacial score (nSPS) is 17.1. The first-order chi connectivity index (χ1) is 12.8. The number of amides is 2. The summed E-state index contributed by atoms with van der Waals surface area (Å²) in [5, 5.41) is 7.25. The molecule has 1 aliphatic heterocycles. The van der Waals surface area contributed by atoms with Crippen LogP contribution in [0.4, 0.5) is 10.6 Å². The van der Waals surface area contributed by atoms with Crippen molar-refractivity contribution < 1.29 is 14.3 Å². The second-order valence-electron chi connectivity index (χ2n) is 7.58. The lowest BCUT2D eigenvalue weighted by Crippen LogP contribution is -2.48. The van der Waals surface area contributed by atoms with Gasteiger partial charge in [0.05, 0.1) is 4.70 Å². The van der Waals surface area contributed by atoms with Crippen molar-refractivity contribution in [2.45, 2.75) is 45.3 Å². The molecule has 3 rings (SSSR count). The highest BCUT2D eigenvalue weighted by Crippen LogP contribution is 2.25. The monoisotopic (exact) mass is 390 g/mol. The molecule has 0 saturated carbocycles. The Morgan fingerprint density at radius 3 is 2.85 bits per heavy atom. The molecule has 0 aliphatic carbocycles. The van der Waals surface area contributed by atoms with Crippen molar-refractivity contribution in [1.82, 2.24) is 14.6 Å². The summed E-state index contributed by atoms with van der Waals surface area (Å²) in [5.74, 6) is 0.699. The van der Waals surface area contributed by atoms with Crippen LogP contribution in [-0.2, 0) is 9.53 Å². The van der Waals surface area contributed by atoms with Crippen LogP contribution in [0.25, 0.3) is 10.1 Å². The van der Waals surface area contributed by atoms with Gasteiger partial charge in [-0.2, -0.15) is 4.37 Å². The second kappa shape index (κ2) is 8.12. The van der Waals surface area contributed by atoms with Gasteiger partial charge < -0.3 is 15.4 Å². The maximum atomic E-state index is 12.5. The largest absolute Gasteiger partial charge is 0.444 e. The number of rotatable bonds is 5. The standard InChI is InChI=1S/C19H26N4O3S/c1-19(2,3)26-18(25)23-12-6-8-14(23)17(24)21-11-10-20-16-13-7-4-5-9-15(13)27-22-16/h4-5,7,9,14H,6,8,10-12H2,1-3H3,(H,20,22)(H,21,24). The van der Waals surface area contributed by atoms with Crippen LogP contribution in [0.2, 0.25) is 0 Å². The zero-order valence-corrected chi connectivity index (χ0v) is 16.8. The van der Waals surface area contributed by atoms with Gasteiger partial charge in [-0.05, 0) is 57.3 Å². The van der Waals surface area contributed by atoms with Crippen LogP contribution in [0.5, 0.6) is 0 Å². The molecule has 7 nitrogen and oxygen atoms in total. The fourth-order valence-electron chi connectivity index (χ4n) is 3.08. The number of anilines is 1. The van der Waals surface area contributed by atoms with Gasteiger partial charge in [-0.15, -0.1) is 0 Å². The molecule has 1 saturated heterocycles. The van der Waals surface area contributed by atoms with Gasteiger partial charge in [0.25, 0.3) is 0 Å². The molecule has 1 atom stereocenters. The SMILES string of the molecule is CC(C)(C)OC(=O)N1CCCC1C(=O)NCCNc1nsc2ccccc12. The Labute approximate surface area is 163 Å². The van der Waals surface area contributed by atoms with Gasteiger partial charge in [-0.1, -0.05) is 12.1 Å². The Morgan fingerprint density at radius 1 is 1.30 bits per heavy atom. The van der Waals surface area contributed by atoms with Crippen LogP contribution in [-0.4, -0.2) is 52.6 Å². The van der Waals surface area contributed by atoms with Gasteiger partial charge in [0.15, 0.2) is 0 Å². The molecule has 0 spiro atoms. The quantitative estimate of drug-likeness (QED) is 0.766. The summed E-state index contributed by atoms with van der Waals surface area (Å²) >= 11 is 1.45. The molecule has 1 unspecified atom stereocenters. The van der Waals surface area contributed by atoms with E-state index in [9.17, 15) is 9.59 Å². The first-order valence-electron chi connectivity index (χ1n) is 9.21. The number of aromatic nitrogens is 1. The maximum Gasteiger partial charge on any atom is 0.410 e. The van der Waals surface area contributed by atoms with Gasteiger partial charge >= 0.3 is 6.09 Å². The highest BCUT2D eigenvalue weighted by Gasteiger charge is 2.36. The molecule has 1 aliphatic rings. The van der Waals surface area contributed by atoms with E-state index in [-0.39, 0.29) is 5.91 Å². The fourth-order valence-corrected chi connectivity index (χ4v) is 3.83. The van der Waals surface area contributed by atoms with Crippen molar-refractivity contribution in [2.75, 3.05) is 25.0 Å². The number of carbonyl (C=O) groups excluding carboxylic acids is 2. The Bertz CT molecular complexity index is 815. The topological polar surface area (TPSA) is 83.6 Å². The molecule has 0 radical (unpaired) electrons. The molecule has 2 amide bonds. The van der Waals surface area contributed by atoms with Crippen molar-refractivity contribution in [1.29, 1.82) is 0 Å². The van der Waals surface area contributed by atoms with Crippen molar-refractivity contribution in [3.63, 3.8) is 0 Å². The summed E-state index contributed by atoms with van der Waals surface area (Å²) < 4.78 is 10.9. The van der Waals surface area contributed by atoms with Gasteiger partial charge in [-0.3, -0.25) is 9.69 Å². The Morgan fingerprint density at radius 2 is 2.07 bits per heavy atom. The molecule has 2 heterocycles. The van der Waals surface area contributed by atoms with Crippen molar-refractivity contribution in [2.24, 2.45) is 0 Å². The van der Waals surface area contributed by atoms with Crippen LogP contribution in [0.3, 0.4) is 0 Å². The minimum atomic E-state index is -0.569. The summed E-state index contributed by atoms with van der Waals surface area (Å²) in [5.41, 5.74) is -0.569. The van der Waals surface area contributed by atoms with Crippen molar-refractivity contribution >= 4 is 39.4 Å². The van der Waals surface area contributed by atoms with E-state index in [1.54, 1.807) is 0 Å². The predicted molar refractivity (Wildman–Crippen MR) is 107 cm³/mol. The Balaban J connectivity index is 1.48. The first kappa shape index (κ1) is 19.4. The van der Waals surface area contributed by atoms with E-state index >= 15 is 0 Å². The van der Waals surface area contributed by atoms with Gasteiger partial charge in [0, 0.05) is 25.0 Å². The molecule has 146 valence electrons. The fraction of sp³-hybridized carbons (Fsp3) is 0.526. The van der Waals surface area contributed by atoms with Crippen molar-refractivity contribution in [3.8, 4) is 0 Å². The van der Waals surface area contributed by atoms with Crippen LogP contribution < -0.4 is 10.6 Å². The average molecular weight is 391 g/mol. The number of hydrogen-bond acceptors (Lipinski definition) is 6. The zero-order valence-electron chi connectivity index (χ0n) is 15.9. The molecule has 2 N–H and O–H groups in total. The van der Waals surface area contributed by atoms with E-state index in [2.05, 4.69) is 15.0 Å². The minimum absolute atomic E-state index is 0.136. The number of likely N-dealkylation sites (tertiary alicyclic amines) is 1. The summed E-state index contributed by atoms with van der Waals surface area (Å²) in [6, 6.07) is 7.57. The average Bonchev–Trinajstić information content (AvgIpc) is 3.24. The number of nitrogens with zero attached hydrogens (tertiary/aromatic N) is 2. The molecule has 1 fully saturated rings. The second-order valence-corrected chi connectivity index (χ2v) is 8.38. The molecule has 27 heavy (non-hydrogen) atoms. The van der Waals surface area contributed by atoms with E-state index in [0.29, 0.717) is 26.1 Å². The summed E-state index contributed by atoms with van der Waals surface area (Å²) in [4.78, 5) is 26.3. The van der Waals surface area contributed by atoms with E-state index in [1.165, 1.54) is 16.4 Å². The van der Waals surface area contributed by atoms with E-state index < -0.39 is 17.7 Å². The first-order valence-corrected chi connectivity index (χ1v) is 9.98. The smallest absolute Gasteiger partial charge is 0.410 e. The van der Waals surface area contributed by atoms with E-state index in [4.69, 9.17) is 4.74 Å². The lowest BCUT2D eigenvalue weighted by molar-refractivity contribution is -0.125. The minimum Gasteiger partial charge on any atom is -0.444 e. The lowest BCUT2D eigenvalue weighted by Gasteiger charge is -2.28. The summed E-state index contributed by atoms with van der Waals surface area (Å²) in [7, 11) is 0. The molecular formula is C19H26N4O3S. The molecular weight excluding hydrogens is 364 g/mol. The predicted octanol–water partition coefficient (Wildman–Crippen LogP) is 3.22. The lowest BCUT2D eigenvalue weighted by atomic mass is 10.2. The third-order valence-electron chi connectivity index (χ3n) is 4.28. The third-order valence-corrected chi connectivity index (χ3v) is 5.10. The Hall–Kier alpha value is -2.35. The zero-order chi connectivity index (χ0) is 19.4. The van der Waals surface area contributed by atoms with E-state index in [0.717, 1.165) is 22.3 Å². The van der Waals surface area contributed by atoms with Crippen LogP contribution in [0, 0.1) is 0 Å². The number of carbonyl (C=O) groups is 2. The summed E-state index contributed by atoms with van der Waals surface area (Å²) in [6.45, 7) is 7.05. The Kier molecular flexibility index (Phi) is 5.84. The molecule has 0 bridgehead atoms. The molecule has 1 aromatic heterocycles. The van der Waals surface area contributed by atoms with Crippen LogP contribution >= 0.6 is 11.5 Å². The number of hydrogen-bond donors (Lipinski definition) is 2. The molecule has 2 aromatic rings. The number of ether oxygens (including phenoxy) is 1. The van der Waals surface area contributed by atoms with Crippen molar-refractivity contribution in [3.05, 3.63) is 24.3 Å². The molecule has 8 heteroatoms. The van der Waals surface area contributed by atoms with Gasteiger partial charge in [0.2, 0.25) is 5.91 Å². The highest BCUT2D eigenvalue weighted by molar-refractivity contribution is 7.13. The third kappa shape index (κ3) is 4.88. The number of nitrogens with one attached hydrogen (secondary N) is 2. The van der Waals surface area contributed by atoms with Gasteiger partial charge in [0.1, 0.15) is 17.5 Å². The van der Waals surface area contributed by atoms with Gasteiger partial charge in [-0.25, -0.2) is 4.79 Å². The summed E-state index contributed by atoms with van der Waals surface area (Å²) in [6.07, 6.45) is 1.04. The number of fused-ring (bicyclic) bond motifs is 1. The number of benzene rings is 1. The van der Waals surface area contributed by atoms with E-state index in [1.807, 2.05) is 45.0 Å². The molecule has 1 aromatic carbocycles. The van der Waals surface area contributed by atoms with Crippen LogP contribution in [0.15, 0.2) is 24.3 Å². The highest BCUT2D eigenvalue weighted by atomic mass is 32.1. The van der Waals surface area contributed by atoms with Crippen LogP contribution in [0.1, 0.15) is 33.6 Å².